The molecule has 0 saturated heterocycles. The Labute approximate surface area is 325 Å². The molecule has 0 saturated carbocycles. The molecule has 0 bridgehead atoms. The molecule has 3 nitrogen and oxygen atoms in total. The van der Waals surface area contributed by atoms with Crippen molar-refractivity contribution in [1.82, 2.24) is 0 Å². The van der Waals surface area contributed by atoms with Crippen molar-refractivity contribution in [2.24, 2.45) is 0 Å². The first kappa shape index (κ1) is 31.2. The molecule has 0 radical (unpaired) electrons. The van der Waals surface area contributed by atoms with Gasteiger partial charge in [0.15, 0.2) is 5.58 Å². The van der Waals surface area contributed by atoms with Gasteiger partial charge in [0.25, 0.3) is 0 Å². The number of benzene rings is 9. The third-order valence-electron chi connectivity index (χ3n) is 11.3. The Hall–Kier alpha value is -7.14. The maximum absolute atomic E-state index is 6.62. The third-order valence-corrected chi connectivity index (χ3v) is 12.5. The van der Waals surface area contributed by atoms with Gasteiger partial charge in [-0.3, -0.25) is 0 Å². The molecule has 56 heavy (non-hydrogen) atoms. The van der Waals surface area contributed by atoms with E-state index in [2.05, 4.69) is 169 Å². The van der Waals surface area contributed by atoms with Crippen molar-refractivity contribution in [2.45, 2.75) is 0 Å². The highest BCUT2D eigenvalue weighted by Crippen LogP contribution is 2.45. The number of rotatable bonds is 5. The largest absolute Gasteiger partial charge is 0.455 e. The molecule has 0 amide bonds. The second-order valence-corrected chi connectivity index (χ2v) is 15.5. The standard InChI is InChI=1S/C52H31NO2S/c1-2-11-35-31-49-45(30-34(35)10-1)44-18-8-15-39(52(44)56-49)33-24-28-37(29-25-33)53(46-19-9-17-43-41-13-4-6-21-48(41)55-51(43)46)36-26-22-32(23-27-36)38-14-7-16-42-40-12-3-5-20-47(40)54-50(38)42/h1-31H. The van der Waals surface area contributed by atoms with E-state index >= 15 is 0 Å². The zero-order chi connectivity index (χ0) is 36.7. The van der Waals surface area contributed by atoms with Crippen molar-refractivity contribution >= 4 is 103 Å². The fourth-order valence-electron chi connectivity index (χ4n) is 8.60. The van der Waals surface area contributed by atoms with Gasteiger partial charge in [-0.05, 0) is 82.1 Å². The Morgan fingerprint density at radius 1 is 0.375 bits per heavy atom. The van der Waals surface area contributed by atoms with Crippen LogP contribution in [-0.4, -0.2) is 0 Å². The van der Waals surface area contributed by atoms with Crippen LogP contribution >= 0.6 is 11.3 Å². The van der Waals surface area contributed by atoms with Gasteiger partial charge in [-0.2, -0.15) is 0 Å². The fourth-order valence-corrected chi connectivity index (χ4v) is 9.87. The van der Waals surface area contributed by atoms with E-state index in [-0.39, 0.29) is 0 Å². The summed E-state index contributed by atoms with van der Waals surface area (Å²) in [6, 6.07) is 67.2. The van der Waals surface area contributed by atoms with E-state index in [0.717, 1.165) is 72.1 Å². The molecule has 0 spiro atoms. The number of thiophene rings is 1. The summed E-state index contributed by atoms with van der Waals surface area (Å²) in [5.41, 5.74) is 11.2. The first-order valence-corrected chi connectivity index (χ1v) is 19.7. The van der Waals surface area contributed by atoms with Crippen LogP contribution in [0.4, 0.5) is 17.1 Å². The molecular weight excluding hydrogens is 703 g/mol. The topological polar surface area (TPSA) is 29.5 Å². The second kappa shape index (κ2) is 12.2. The molecule has 12 aromatic rings. The van der Waals surface area contributed by atoms with Gasteiger partial charge in [-0.15, -0.1) is 11.3 Å². The molecule has 4 heteroatoms. The van der Waals surface area contributed by atoms with Gasteiger partial charge >= 0.3 is 0 Å². The lowest BCUT2D eigenvalue weighted by atomic mass is 10.0. The number of anilines is 3. The van der Waals surface area contributed by atoms with Crippen LogP contribution in [0.2, 0.25) is 0 Å². The molecule has 3 aromatic heterocycles. The average molecular weight is 734 g/mol. The zero-order valence-corrected chi connectivity index (χ0v) is 30.9. The maximum Gasteiger partial charge on any atom is 0.159 e. The van der Waals surface area contributed by atoms with E-state index < -0.39 is 0 Å². The van der Waals surface area contributed by atoms with E-state index in [1.165, 1.54) is 42.1 Å². The van der Waals surface area contributed by atoms with Gasteiger partial charge in [0, 0.05) is 58.7 Å². The Bertz CT molecular complexity index is 3480. The Morgan fingerprint density at radius 2 is 0.893 bits per heavy atom. The van der Waals surface area contributed by atoms with Crippen molar-refractivity contribution in [1.29, 1.82) is 0 Å². The van der Waals surface area contributed by atoms with Crippen molar-refractivity contribution in [3.8, 4) is 22.3 Å². The molecule has 0 N–H and O–H groups in total. The highest BCUT2D eigenvalue weighted by Gasteiger charge is 2.21. The number of nitrogens with zero attached hydrogens (tertiary/aromatic N) is 1. The van der Waals surface area contributed by atoms with Crippen LogP contribution in [0.3, 0.4) is 0 Å². The number of para-hydroxylation sites is 4. The highest BCUT2D eigenvalue weighted by molar-refractivity contribution is 7.26. The minimum atomic E-state index is 0.858. The lowest BCUT2D eigenvalue weighted by molar-refractivity contribution is 0.669. The van der Waals surface area contributed by atoms with Crippen LogP contribution in [-0.2, 0) is 0 Å². The van der Waals surface area contributed by atoms with Crippen LogP contribution in [0.1, 0.15) is 0 Å². The maximum atomic E-state index is 6.62. The third kappa shape index (κ3) is 4.76. The summed E-state index contributed by atoms with van der Waals surface area (Å²) < 4.78 is 15.7. The molecule has 0 aliphatic rings. The van der Waals surface area contributed by atoms with Crippen LogP contribution in [0.25, 0.3) is 97.1 Å². The number of furan rings is 2. The zero-order valence-electron chi connectivity index (χ0n) is 30.1. The summed E-state index contributed by atoms with van der Waals surface area (Å²) in [5.74, 6) is 0. The number of hydrogen-bond donors (Lipinski definition) is 0. The molecule has 262 valence electrons. The van der Waals surface area contributed by atoms with E-state index in [1.807, 2.05) is 35.6 Å². The molecule has 12 rings (SSSR count). The molecule has 0 unspecified atom stereocenters. The van der Waals surface area contributed by atoms with Gasteiger partial charge in [0.2, 0.25) is 0 Å². The van der Waals surface area contributed by atoms with Gasteiger partial charge in [0.05, 0.1) is 5.69 Å². The van der Waals surface area contributed by atoms with Gasteiger partial charge in [-0.1, -0.05) is 133 Å². The summed E-state index contributed by atoms with van der Waals surface area (Å²) in [6.07, 6.45) is 0. The number of hydrogen-bond acceptors (Lipinski definition) is 4. The quantitative estimate of drug-likeness (QED) is 0.176. The van der Waals surface area contributed by atoms with Gasteiger partial charge in [-0.25, -0.2) is 0 Å². The Balaban J connectivity index is 0.996. The van der Waals surface area contributed by atoms with E-state index in [1.54, 1.807) is 0 Å². The summed E-state index contributed by atoms with van der Waals surface area (Å²) in [5, 5.41) is 9.62. The molecule has 0 fully saturated rings. The van der Waals surface area contributed by atoms with Crippen LogP contribution in [0.5, 0.6) is 0 Å². The lowest BCUT2D eigenvalue weighted by Crippen LogP contribution is -2.10. The average Bonchev–Trinajstić information content (AvgIpc) is 3.95. The molecule has 0 atom stereocenters. The van der Waals surface area contributed by atoms with Crippen LogP contribution < -0.4 is 4.90 Å². The van der Waals surface area contributed by atoms with Crippen molar-refractivity contribution in [2.75, 3.05) is 4.90 Å². The summed E-state index contributed by atoms with van der Waals surface area (Å²) in [7, 11) is 0. The Kier molecular flexibility index (Phi) is 6.80. The van der Waals surface area contributed by atoms with Gasteiger partial charge < -0.3 is 13.7 Å². The monoisotopic (exact) mass is 733 g/mol. The van der Waals surface area contributed by atoms with E-state index in [9.17, 15) is 0 Å². The molecule has 3 heterocycles. The van der Waals surface area contributed by atoms with Crippen molar-refractivity contribution in [3.63, 3.8) is 0 Å². The predicted molar refractivity (Wildman–Crippen MR) is 237 cm³/mol. The van der Waals surface area contributed by atoms with E-state index in [4.69, 9.17) is 8.83 Å². The molecule has 0 aliphatic carbocycles. The van der Waals surface area contributed by atoms with Crippen LogP contribution in [0.15, 0.2) is 197 Å². The summed E-state index contributed by atoms with van der Waals surface area (Å²) >= 11 is 1.88. The Morgan fingerprint density at radius 3 is 1.59 bits per heavy atom. The first-order valence-electron chi connectivity index (χ1n) is 18.9. The van der Waals surface area contributed by atoms with Crippen molar-refractivity contribution in [3.05, 3.63) is 188 Å². The minimum Gasteiger partial charge on any atom is -0.455 e. The fraction of sp³-hybridized carbons (Fsp3) is 0. The SMILES string of the molecule is c1ccc2cc3c(cc2c1)sc1c(-c2ccc(N(c4ccc(-c5cccc6c5oc5ccccc56)cc4)c4cccc5c4oc4ccccc45)cc2)cccc13. The lowest BCUT2D eigenvalue weighted by Gasteiger charge is -2.26. The summed E-state index contributed by atoms with van der Waals surface area (Å²) in [6.45, 7) is 0. The van der Waals surface area contributed by atoms with Crippen molar-refractivity contribution < 1.29 is 8.83 Å². The predicted octanol–water partition coefficient (Wildman–Crippen LogP) is 15.8. The molecular formula is C52H31NO2S. The highest BCUT2D eigenvalue weighted by atomic mass is 32.1. The summed E-state index contributed by atoms with van der Waals surface area (Å²) in [4.78, 5) is 2.31. The minimum absolute atomic E-state index is 0.858. The smallest absolute Gasteiger partial charge is 0.159 e. The second-order valence-electron chi connectivity index (χ2n) is 14.4. The first-order chi connectivity index (χ1) is 27.7. The van der Waals surface area contributed by atoms with Crippen LogP contribution in [0, 0.1) is 0 Å². The molecule has 0 aliphatic heterocycles. The normalized spacial score (nSPS) is 11.9. The van der Waals surface area contributed by atoms with E-state index in [0.29, 0.717) is 0 Å². The number of fused-ring (bicyclic) bond motifs is 10. The van der Waals surface area contributed by atoms with Gasteiger partial charge in [0.1, 0.15) is 16.7 Å². The molecule has 9 aromatic carbocycles.